The van der Waals surface area contributed by atoms with Crippen LogP contribution in [0.5, 0.6) is 0 Å². The molecule has 10 nitrogen and oxygen atoms in total. The fourth-order valence-electron chi connectivity index (χ4n) is 1.51. The third-order valence-corrected chi connectivity index (χ3v) is 3.05. The molecule has 0 heterocycles. The van der Waals surface area contributed by atoms with Gasteiger partial charge in [0, 0.05) is 0 Å². The number of hydrogen-bond donors (Lipinski definition) is 4. The summed E-state index contributed by atoms with van der Waals surface area (Å²) in [6, 6.07) is 0. The number of hydrogen-bond acceptors (Lipinski definition) is 8. The molecule has 0 saturated carbocycles. The number of aliphatic hydroxyl groups excluding tert-OH is 2. The number of carbonyl (C=O) groups is 4. The summed E-state index contributed by atoms with van der Waals surface area (Å²) in [6.07, 6.45) is -3.21. The SMILES string of the molecule is C[C@H](C(=O)OC(C)(C)C)C(O)C(=O)O.C[C@H](C(=O)OC(C)(C)C)C(O)C(N)=O. The van der Waals surface area contributed by atoms with Crippen LogP contribution in [-0.2, 0) is 28.7 Å². The van der Waals surface area contributed by atoms with Gasteiger partial charge in [0.05, 0.1) is 11.8 Å². The molecule has 2 unspecified atom stereocenters. The first-order valence-electron chi connectivity index (χ1n) is 8.64. The molecule has 1 amide bonds. The first-order chi connectivity index (χ1) is 12.3. The van der Waals surface area contributed by atoms with Crippen LogP contribution in [0.3, 0.4) is 0 Å². The Morgan fingerprint density at radius 1 is 0.750 bits per heavy atom. The van der Waals surface area contributed by atoms with Crippen molar-refractivity contribution in [2.75, 3.05) is 0 Å². The minimum Gasteiger partial charge on any atom is -0.479 e. The van der Waals surface area contributed by atoms with Crippen LogP contribution in [0, 0.1) is 11.8 Å². The molecule has 0 spiro atoms. The Labute approximate surface area is 165 Å². The van der Waals surface area contributed by atoms with Crippen molar-refractivity contribution < 1.29 is 44.0 Å². The monoisotopic (exact) mass is 407 g/mol. The van der Waals surface area contributed by atoms with Crippen molar-refractivity contribution >= 4 is 23.8 Å². The van der Waals surface area contributed by atoms with Crippen LogP contribution < -0.4 is 5.73 Å². The zero-order chi connectivity index (χ0) is 23.0. The number of rotatable bonds is 6. The lowest BCUT2D eigenvalue weighted by atomic mass is 10.0. The number of ether oxygens (including phenoxy) is 2. The molecular weight excluding hydrogens is 374 g/mol. The summed E-state index contributed by atoms with van der Waals surface area (Å²) in [6.45, 7) is 12.8. The van der Waals surface area contributed by atoms with Gasteiger partial charge in [0.2, 0.25) is 5.91 Å². The first-order valence-corrected chi connectivity index (χ1v) is 8.64. The third kappa shape index (κ3) is 12.2. The van der Waals surface area contributed by atoms with Gasteiger partial charge in [0.15, 0.2) is 6.10 Å². The summed E-state index contributed by atoms with van der Waals surface area (Å²) in [4.78, 5) is 43.5. The molecule has 0 aliphatic carbocycles. The van der Waals surface area contributed by atoms with E-state index in [-0.39, 0.29) is 0 Å². The number of esters is 2. The molecule has 164 valence electrons. The maximum Gasteiger partial charge on any atom is 0.333 e. The predicted molar refractivity (Wildman–Crippen MR) is 98.9 cm³/mol. The van der Waals surface area contributed by atoms with Gasteiger partial charge in [-0.3, -0.25) is 14.4 Å². The zero-order valence-corrected chi connectivity index (χ0v) is 17.7. The third-order valence-electron chi connectivity index (χ3n) is 3.05. The van der Waals surface area contributed by atoms with Gasteiger partial charge >= 0.3 is 17.9 Å². The molecule has 4 atom stereocenters. The number of carboxylic acid groups (broad SMARTS) is 1. The lowest BCUT2D eigenvalue weighted by Gasteiger charge is -2.23. The number of aliphatic hydroxyl groups is 2. The maximum atomic E-state index is 11.3. The van der Waals surface area contributed by atoms with Gasteiger partial charge in [-0.2, -0.15) is 0 Å². The molecule has 0 fully saturated rings. The van der Waals surface area contributed by atoms with Crippen molar-refractivity contribution in [2.24, 2.45) is 17.6 Å². The molecule has 28 heavy (non-hydrogen) atoms. The van der Waals surface area contributed by atoms with Crippen molar-refractivity contribution in [3.8, 4) is 0 Å². The Kier molecular flexibility index (Phi) is 11.0. The second-order valence-electron chi connectivity index (χ2n) is 8.27. The quantitative estimate of drug-likeness (QED) is 0.449. The molecular formula is C18H33NO9. The van der Waals surface area contributed by atoms with E-state index in [0.29, 0.717) is 0 Å². The van der Waals surface area contributed by atoms with Crippen molar-refractivity contribution in [1.29, 1.82) is 0 Å². The Hall–Kier alpha value is -2.20. The van der Waals surface area contributed by atoms with E-state index < -0.39 is 59.1 Å². The molecule has 0 radical (unpaired) electrons. The van der Waals surface area contributed by atoms with Crippen molar-refractivity contribution in [3.05, 3.63) is 0 Å². The van der Waals surface area contributed by atoms with Crippen molar-refractivity contribution in [1.82, 2.24) is 0 Å². The Morgan fingerprint density at radius 3 is 1.25 bits per heavy atom. The molecule has 0 rings (SSSR count). The Balaban J connectivity index is 0. The highest BCUT2D eigenvalue weighted by Gasteiger charge is 2.32. The minimum absolute atomic E-state index is 0.635. The standard InChI is InChI=1S/C9H17NO4.C9H16O5/c1-5(6(11)7(10)12)8(13)14-9(2,3)4;1-5(6(10)7(11)12)8(13)14-9(2,3)4/h5-6,11H,1-4H3,(H2,10,12);5-6,10H,1-4H3,(H,11,12)/t2*5-,6?/m00/s1. The molecule has 5 N–H and O–H groups in total. The van der Waals surface area contributed by atoms with Crippen LogP contribution in [-0.4, -0.2) is 62.5 Å². The van der Waals surface area contributed by atoms with Crippen LogP contribution in [0.4, 0.5) is 0 Å². The van der Waals surface area contributed by atoms with Crippen LogP contribution in [0.25, 0.3) is 0 Å². The highest BCUT2D eigenvalue weighted by Crippen LogP contribution is 2.14. The number of carbonyl (C=O) groups excluding carboxylic acids is 3. The van der Waals surface area contributed by atoms with Crippen LogP contribution >= 0.6 is 0 Å². The molecule has 0 aromatic heterocycles. The Morgan fingerprint density at radius 2 is 1.04 bits per heavy atom. The van der Waals surface area contributed by atoms with Gasteiger partial charge in [-0.15, -0.1) is 0 Å². The van der Waals surface area contributed by atoms with Gasteiger partial charge in [0.25, 0.3) is 0 Å². The summed E-state index contributed by atoms with van der Waals surface area (Å²) in [5.41, 5.74) is 3.53. The summed E-state index contributed by atoms with van der Waals surface area (Å²) >= 11 is 0. The largest absolute Gasteiger partial charge is 0.479 e. The maximum absolute atomic E-state index is 11.3. The number of primary amides is 1. The molecule has 0 aliphatic heterocycles. The minimum atomic E-state index is -1.72. The van der Waals surface area contributed by atoms with E-state index in [2.05, 4.69) is 0 Å². The van der Waals surface area contributed by atoms with Crippen molar-refractivity contribution in [2.45, 2.75) is 78.8 Å². The van der Waals surface area contributed by atoms with Crippen LogP contribution in [0.2, 0.25) is 0 Å². The Bertz CT molecular complexity index is 510. The first kappa shape index (κ1) is 28.0. The topological polar surface area (TPSA) is 173 Å². The van der Waals surface area contributed by atoms with Gasteiger partial charge in [-0.05, 0) is 55.4 Å². The van der Waals surface area contributed by atoms with E-state index in [1.807, 2.05) is 0 Å². The van der Waals surface area contributed by atoms with E-state index >= 15 is 0 Å². The normalized spacial score (nSPS) is 15.8. The molecule has 0 aromatic rings. The molecule has 0 aromatic carbocycles. The highest BCUT2D eigenvalue weighted by molar-refractivity contribution is 5.85. The van der Waals surface area contributed by atoms with Gasteiger partial charge in [0.1, 0.15) is 17.3 Å². The van der Waals surface area contributed by atoms with Gasteiger partial charge in [-0.25, -0.2) is 4.79 Å². The second-order valence-corrected chi connectivity index (χ2v) is 8.27. The van der Waals surface area contributed by atoms with E-state index in [9.17, 15) is 24.3 Å². The van der Waals surface area contributed by atoms with E-state index in [1.54, 1.807) is 41.5 Å². The van der Waals surface area contributed by atoms with Gasteiger partial charge < -0.3 is 30.5 Å². The smallest absolute Gasteiger partial charge is 0.333 e. The summed E-state index contributed by atoms with van der Waals surface area (Å²) in [7, 11) is 0. The van der Waals surface area contributed by atoms with Crippen LogP contribution in [0.15, 0.2) is 0 Å². The number of nitrogens with two attached hydrogens (primary N) is 1. The highest BCUT2D eigenvalue weighted by atomic mass is 16.6. The number of amides is 1. The molecule has 10 heteroatoms. The zero-order valence-electron chi connectivity index (χ0n) is 17.7. The fraction of sp³-hybridized carbons (Fsp3) is 0.778. The van der Waals surface area contributed by atoms with E-state index in [0.717, 1.165) is 0 Å². The second kappa shape index (κ2) is 11.0. The number of carboxylic acids is 1. The summed E-state index contributed by atoms with van der Waals surface area (Å²) < 4.78 is 9.87. The van der Waals surface area contributed by atoms with Gasteiger partial charge in [-0.1, -0.05) is 0 Å². The molecule has 0 bridgehead atoms. The lowest BCUT2D eigenvalue weighted by molar-refractivity contribution is -0.169. The van der Waals surface area contributed by atoms with E-state index in [4.69, 9.17) is 25.4 Å². The summed E-state index contributed by atoms with van der Waals surface area (Å²) in [5.74, 6) is -5.71. The van der Waals surface area contributed by atoms with Crippen LogP contribution in [0.1, 0.15) is 55.4 Å². The van der Waals surface area contributed by atoms with Crippen molar-refractivity contribution in [3.63, 3.8) is 0 Å². The fourth-order valence-corrected chi connectivity index (χ4v) is 1.51. The van der Waals surface area contributed by atoms with E-state index in [1.165, 1.54) is 13.8 Å². The predicted octanol–water partition coefficient (Wildman–Crippen LogP) is 0.220. The molecule has 0 saturated heterocycles. The summed E-state index contributed by atoms with van der Waals surface area (Å²) in [5, 5.41) is 26.7. The average Bonchev–Trinajstić information content (AvgIpc) is 2.48. The number of aliphatic carboxylic acids is 1. The molecule has 0 aliphatic rings. The average molecular weight is 407 g/mol. The lowest BCUT2D eigenvalue weighted by Crippen LogP contribution is -2.40.